The third-order valence-electron chi connectivity index (χ3n) is 4.69. The Morgan fingerprint density at radius 2 is 1.68 bits per heavy atom. The summed E-state index contributed by atoms with van der Waals surface area (Å²) in [5.41, 5.74) is 0.687. The Labute approximate surface area is 204 Å². The van der Waals surface area contributed by atoms with Crippen molar-refractivity contribution in [2.45, 2.75) is 25.3 Å². The van der Waals surface area contributed by atoms with Crippen molar-refractivity contribution in [1.29, 1.82) is 0 Å². The average Bonchev–Trinajstić information content (AvgIpc) is 2.78. The molecule has 0 saturated carbocycles. The van der Waals surface area contributed by atoms with Gasteiger partial charge in [0.1, 0.15) is 22.2 Å². The van der Waals surface area contributed by atoms with Crippen LogP contribution in [0.3, 0.4) is 0 Å². The zero-order chi connectivity index (χ0) is 24.7. The van der Waals surface area contributed by atoms with E-state index in [1.54, 1.807) is 47.4 Å². The second kappa shape index (κ2) is 11.4. The number of amides is 1. The minimum atomic E-state index is -4.13. The lowest BCUT2D eigenvalue weighted by molar-refractivity contribution is -0.134. The third-order valence-corrected chi connectivity index (χ3v) is 6.21. The lowest BCUT2D eigenvalue weighted by Crippen LogP contribution is -2.37. The maximum atomic E-state index is 13.1. The van der Waals surface area contributed by atoms with E-state index in [1.807, 2.05) is 13.8 Å². The normalized spacial score (nSPS) is 11.3. The predicted octanol–water partition coefficient (Wildman–Crippen LogP) is 5.31. The van der Waals surface area contributed by atoms with Gasteiger partial charge in [-0.2, -0.15) is 8.42 Å². The Bertz CT molecular complexity index is 1210. The number of benzene rings is 3. The standard InChI is InChI=1S/C25H25ClFNO5S/c1-18(2)15-28(25(29)17-32-22-10-6-20(26)7-11-22)16-19-4-3-5-23(14-19)33-34(30,31)24-12-8-21(27)9-13-24/h3-14,18H,15-17H2,1-2H3. The number of hydrogen-bond acceptors (Lipinski definition) is 5. The van der Waals surface area contributed by atoms with E-state index in [0.717, 1.165) is 24.3 Å². The number of nitrogens with zero attached hydrogens (tertiary/aromatic N) is 1. The summed E-state index contributed by atoms with van der Waals surface area (Å²) in [5.74, 6) is 0.0717. The van der Waals surface area contributed by atoms with Crippen molar-refractivity contribution in [2.24, 2.45) is 5.92 Å². The van der Waals surface area contributed by atoms with E-state index in [-0.39, 0.29) is 35.6 Å². The van der Waals surface area contributed by atoms with Gasteiger partial charge in [0.15, 0.2) is 6.61 Å². The van der Waals surface area contributed by atoms with Crippen LogP contribution in [0.2, 0.25) is 5.02 Å². The molecule has 3 rings (SSSR count). The van der Waals surface area contributed by atoms with E-state index in [9.17, 15) is 17.6 Å². The van der Waals surface area contributed by atoms with Crippen LogP contribution in [-0.4, -0.2) is 32.4 Å². The maximum absolute atomic E-state index is 13.1. The number of carbonyl (C=O) groups excluding carboxylic acids is 1. The molecule has 0 heterocycles. The highest BCUT2D eigenvalue weighted by atomic mass is 35.5. The molecule has 9 heteroatoms. The first-order valence-electron chi connectivity index (χ1n) is 10.6. The second-order valence-electron chi connectivity index (χ2n) is 8.05. The Morgan fingerprint density at radius 1 is 1.00 bits per heavy atom. The average molecular weight is 506 g/mol. The number of rotatable bonds is 10. The highest BCUT2D eigenvalue weighted by Gasteiger charge is 2.19. The molecule has 3 aromatic carbocycles. The summed E-state index contributed by atoms with van der Waals surface area (Å²) >= 11 is 5.87. The summed E-state index contributed by atoms with van der Waals surface area (Å²) < 4.78 is 48.9. The monoisotopic (exact) mass is 505 g/mol. The molecule has 0 N–H and O–H groups in total. The van der Waals surface area contributed by atoms with Crippen molar-refractivity contribution in [3.8, 4) is 11.5 Å². The quantitative estimate of drug-likeness (QED) is 0.349. The highest BCUT2D eigenvalue weighted by Crippen LogP contribution is 2.22. The van der Waals surface area contributed by atoms with Gasteiger partial charge in [0.2, 0.25) is 0 Å². The van der Waals surface area contributed by atoms with Crippen molar-refractivity contribution in [3.63, 3.8) is 0 Å². The topological polar surface area (TPSA) is 72.9 Å². The molecule has 180 valence electrons. The summed E-state index contributed by atoms with van der Waals surface area (Å²) in [6.45, 7) is 4.57. The molecule has 3 aromatic rings. The smallest absolute Gasteiger partial charge is 0.339 e. The molecule has 0 aromatic heterocycles. The molecule has 0 fully saturated rings. The van der Waals surface area contributed by atoms with Crippen molar-refractivity contribution < 1.29 is 26.5 Å². The van der Waals surface area contributed by atoms with Crippen LogP contribution < -0.4 is 8.92 Å². The van der Waals surface area contributed by atoms with Gasteiger partial charge in [0, 0.05) is 18.1 Å². The molecule has 0 radical (unpaired) electrons. The van der Waals surface area contributed by atoms with Crippen LogP contribution in [0.15, 0.2) is 77.7 Å². The SMILES string of the molecule is CC(C)CN(Cc1cccc(OS(=O)(=O)c2ccc(F)cc2)c1)C(=O)COc1ccc(Cl)cc1. The van der Waals surface area contributed by atoms with Gasteiger partial charge in [-0.05, 0) is 72.1 Å². The minimum Gasteiger partial charge on any atom is -0.484 e. The van der Waals surface area contributed by atoms with Gasteiger partial charge < -0.3 is 13.8 Å². The van der Waals surface area contributed by atoms with E-state index in [1.165, 1.54) is 6.07 Å². The van der Waals surface area contributed by atoms with Crippen molar-refractivity contribution in [1.82, 2.24) is 4.90 Å². The first-order chi connectivity index (χ1) is 16.1. The summed E-state index contributed by atoms with van der Waals surface area (Å²) in [7, 11) is -4.13. The van der Waals surface area contributed by atoms with Crippen LogP contribution in [0.5, 0.6) is 11.5 Å². The highest BCUT2D eigenvalue weighted by molar-refractivity contribution is 7.87. The van der Waals surface area contributed by atoms with E-state index in [0.29, 0.717) is 22.9 Å². The maximum Gasteiger partial charge on any atom is 0.339 e. The van der Waals surface area contributed by atoms with Crippen LogP contribution >= 0.6 is 11.6 Å². The lowest BCUT2D eigenvalue weighted by Gasteiger charge is -2.25. The molecule has 6 nitrogen and oxygen atoms in total. The largest absolute Gasteiger partial charge is 0.484 e. The van der Waals surface area contributed by atoms with Crippen molar-refractivity contribution >= 4 is 27.6 Å². The molecule has 0 aliphatic carbocycles. The van der Waals surface area contributed by atoms with E-state index in [2.05, 4.69) is 0 Å². The molecule has 0 spiro atoms. The van der Waals surface area contributed by atoms with Gasteiger partial charge in [-0.1, -0.05) is 37.6 Å². The molecule has 0 unspecified atom stereocenters. The van der Waals surface area contributed by atoms with Crippen LogP contribution in [0, 0.1) is 11.7 Å². The fourth-order valence-corrected chi connectivity index (χ4v) is 4.20. The van der Waals surface area contributed by atoms with E-state index in [4.69, 9.17) is 20.5 Å². The summed E-state index contributed by atoms with van der Waals surface area (Å²) in [6.07, 6.45) is 0. The third kappa shape index (κ3) is 7.46. The summed E-state index contributed by atoms with van der Waals surface area (Å²) in [6, 6.07) is 17.6. The van der Waals surface area contributed by atoms with E-state index >= 15 is 0 Å². The van der Waals surface area contributed by atoms with Gasteiger partial charge in [0.05, 0.1) is 0 Å². The molecule has 1 amide bonds. The number of hydrogen-bond donors (Lipinski definition) is 0. The fourth-order valence-electron chi connectivity index (χ4n) is 3.15. The Kier molecular flexibility index (Phi) is 8.52. The van der Waals surface area contributed by atoms with Gasteiger partial charge in [-0.15, -0.1) is 0 Å². The van der Waals surface area contributed by atoms with Crippen molar-refractivity contribution in [2.75, 3.05) is 13.2 Å². The first kappa shape index (κ1) is 25.5. The molecule has 0 saturated heterocycles. The lowest BCUT2D eigenvalue weighted by atomic mass is 10.1. The molecule has 0 atom stereocenters. The number of ether oxygens (including phenoxy) is 1. The van der Waals surface area contributed by atoms with Gasteiger partial charge in [-0.3, -0.25) is 4.79 Å². The zero-order valence-corrected chi connectivity index (χ0v) is 20.4. The molecule has 0 aliphatic heterocycles. The molecule has 0 bridgehead atoms. The predicted molar refractivity (Wildman–Crippen MR) is 128 cm³/mol. The number of halogens is 2. The Balaban J connectivity index is 1.70. The Hall–Kier alpha value is -3.10. The van der Waals surface area contributed by atoms with Crippen LogP contribution in [0.25, 0.3) is 0 Å². The van der Waals surface area contributed by atoms with Crippen LogP contribution in [0.1, 0.15) is 19.4 Å². The summed E-state index contributed by atoms with van der Waals surface area (Å²) in [5, 5.41) is 0.573. The van der Waals surface area contributed by atoms with Gasteiger partial charge >= 0.3 is 10.1 Å². The van der Waals surface area contributed by atoms with Crippen molar-refractivity contribution in [3.05, 3.63) is 89.2 Å². The van der Waals surface area contributed by atoms with Gasteiger partial charge in [-0.25, -0.2) is 4.39 Å². The molecule has 34 heavy (non-hydrogen) atoms. The fraction of sp³-hybridized carbons (Fsp3) is 0.240. The Morgan fingerprint density at radius 3 is 2.32 bits per heavy atom. The summed E-state index contributed by atoms with van der Waals surface area (Å²) in [4.78, 5) is 14.4. The van der Waals surface area contributed by atoms with Crippen LogP contribution in [0.4, 0.5) is 4.39 Å². The molecular weight excluding hydrogens is 481 g/mol. The number of carbonyl (C=O) groups is 1. The molecule has 0 aliphatic rings. The van der Waals surface area contributed by atoms with Gasteiger partial charge in [0.25, 0.3) is 5.91 Å². The second-order valence-corrected chi connectivity index (χ2v) is 10.0. The van der Waals surface area contributed by atoms with E-state index < -0.39 is 15.9 Å². The molecular formula is C25H25ClFNO5S. The van der Waals surface area contributed by atoms with Crippen LogP contribution in [-0.2, 0) is 21.5 Å². The first-order valence-corrected chi connectivity index (χ1v) is 12.4. The zero-order valence-electron chi connectivity index (χ0n) is 18.8. The minimum absolute atomic E-state index is 0.0937.